The number of rotatable bonds is 2. The lowest BCUT2D eigenvalue weighted by Crippen LogP contribution is -1.99. The van der Waals surface area contributed by atoms with Gasteiger partial charge < -0.3 is 11.1 Å². The van der Waals surface area contributed by atoms with Crippen LogP contribution < -0.4 is 11.1 Å². The van der Waals surface area contributed by atoms with Gasteiger partial charge in [-0.3, -0.25) is 0 Å². The van der Waals surface area contributed by atoms with E-state index in [-0.39, 0.29) is 0 Å². The Kier molecular flexibility index (Phi) is 3.64. The van der Waals surface area contributed by atoms with Gasteiger partial charge >= 0.3 is 0 Å². The summed E-state index contributed by atoms with van der Waals surface area (Å²) in [6, 6.07) is 11.1. The first kappa shape index (κ1) is 13.3. The quantitative estimate of drug-likeness (QED) is 0.807. The van der Waals surface area contributed by atoms with Crippen LogP contribution in [-0.4, -0.2) is 0 Å². The highest BCUT2D eigenvalue weighted by Crippen LogP contribution is 2.32. The molecule has 0 amide bonds. The van der Waals surface area contributed by atoms with Gasteiger partial charge in [-0.25, -0.2) is 0 Å². The van der Waals surface area contributed by atoms with Crippen LogP contribution in [0.4, 0.5) is 17.1 Å². The molecule has 0 unspecified atom stereocenters. The SMILES string of the molecule is Cc1cc(C)c(Nc2ccc(C#N)cc2N)c(Cl)c1. The van der Waals surface area contributed by atoms with Crippen molar-refractivity contribution in [3.8, 4) is 6.07 Å². The molecule has 0 radical (unpaired) electrons. The lowest BCUT2D eigenvalue weighted by molar-refractivity contribution is 1.37. The zero-order chi connectivity index (χ0) is 14.0. The van der Waals surface area contributed by atoms with E-state index in [1.807, 2.05) is 26.0 Å². The second kappa shape index (κ2) is 5.21. The summed E-state index contributed by atoms with van der Waals surface area (Å²) in [6.45, 7) is 3.99. The number of aryl methyl sites for hydroxylation is 2. The molecule has 0 atom stereocenters. The summed E-state index contributed by atoms with van der Waals surface area (Å²) in [5.41, 5.74) is 10.7. The van der Waals surface area contributed by atoms with Crippen molar-refractivity contribution in [2.75, 3.05) is 11.1 Å². The van der Waals surface area contributed by atoms with Gasteiger partial charge in [-0.1, -0.05) is 17.7 Å². The van der Waals surface area contributed by atoms with E-state index >= 15 is 0 Å². The van der Waals surface area contributed by atoms with Gasteiger partial charge in [-0.05, 0) is 49.2 Å². The largest absolute Gasteiger partial charge is 0.397 e. The third-order valence-electron chi connectivity index (χ3n) is 2.87. The molecule has 0 spiro atoms. The number of anilines is 3. The molecule has 0 saturated heterocycles. The summed E-state index contributed by atoms with van der Waals surface area (Å²) in [6.07, 6.45) is 0. The maximum Gasteiger partial charge on any atom is 0.0992 e. The van der Waals surface area contributed by atoms with Crippen LogP contribution in [0, 0.1) is 25.2 Å². The minimum absolute atomic E-state index is 0.523. The molecule has 19 heavy (non-hydrogen) atoms. The minimum Gasteiger partial charge on any atom is -0.397 e. The van der Waals surface area contributed by atoms with Gasteiger partial charge in [0, 0.05) is 0 Å². The first-order valence-electron chi connectivity index (χ1n) is 5.84. The van der Waals surface area contributed by atoms with Crippen molar-refractivity contribution in [3.63, 3.8) is 0 Å². The number of nitrogens with two attached hydrogens (primary N) is 1. The molecule has 96 valence electrons. The number of nitrogens with one attached hydrogen (secondary N) is 1. The summed E-state index contributed by atoms with van der Waals surface area (Å²) in [5, 5.41) is 12.7. The third kappa shape index (κ3) is 2.81. The van der Waals surface area contributed by atoms with Crippen LogP contribution in [0.5, 0.6) is 0 Å². The van der Waals surface area contributed by atoms with Crippen LogP contribution in [0.3, 0.4) is 0 Å². The molecule has 3 N–H and O–H groups in total. The van der Waals surface area contributed by atoms with Gasteiger partial charge in [0.05, 0.1) is 33.7 Å². The van der Waals surface area contributed by atoms with Crippen LogP contribution >= 0.6 is 11.6 Å². The standard InChI is InChI=1S/C15H14ClN3/c1-9-5-10(2)15(12(16)6-9)19-14-4-3-11(8-17)7-13(14)18/h3-7,19H,18H2,1-2H3. The van der Waals surface area contributed by atoms with Gasteiger partial charge in [-0.15, -0.1) is 0 Å². The highest BCUT2D eigenvalue weighted by molar-refractivity contribution is 6.33. The van der Waals surface area contributed by atoms with E-state index in [1.165, 1.54) is 0 Å². The molecule has 3 nitrogen and oxygen atoms in total. The number of nitrogen functional groups attached to an aromatic ring is 1. The van der Waals surface area contributed by atoms with Gasteiger partial charge in [0.25, 0.3) is 0 Å². The van der Waals surface area contributed by atoms with Crippen molar-refractivity contribution in [1.29, 1.82) is 5.26 Å². The van der Waals surface area contributed by atoms with Gasteiger partial charge in [-0.2, -0.15) is 5.26 Å². The summed E-state index contributed by atoms with van der Waals surface area (Å²) >= 11 is 6.24. The summed E-state index contributed by atoms with van der Waals surface area (Å²) in [7, 11) is 0. The number of hydrogen-bond acceptors (Lipinski definition) is 3. The predicted molar refractivity (Wildman–Crippen MR) is 79.8 cm³/mol. The Bertz CT molecular complexity index is 649. The second-order valence-electron chi connectivity index (χ2n) is 4.48. The summed E-state index contributed by atoms with van der Waals surface area (Å²) in [4.78, 5) is 0. The van der Waals surface area contributed by atoms with Crippen LogP contribution in [0.2, 0.25) is 5.02 Å². The fourth-order valence-corrected chi connectivity index (χ4v) is 2.32. The van der Waals surface area contributed by atoms with E-state index in [1.54, 1.807) is 18.2 Å². The Morgan fingerprint density at radius 2 is 1.95 bits per heavy atom. The molecule has 0 bridgehead atoms. The lowest BCUT2D eigenvalue weighted by atomic mass is 10.1. The summed E-state index contributed by atoms with van der Waals surface area (Å²) in [5.74, 6) is 0. The molecule has 0 aromatic heterocycles. The molecule has 4 heteroatoms. The summed E-state index contributed by atoms with van der Waals surface area (Å²) < 4.78 is 0. The maximum absolute atomic E-state index is 8.81. The topological polar surface area (TPSA) is 61.8 Å². The Hall–Kier alpha value is -2.18. The highest BCUT2D eigenvalue weighted by Gasteiger charge is 2.08. The van der Waals surface area contributed by atoms with Crippen LogP contribution in [0.25, 0.3) is 0 Å². The molecule has 0 aliphatic rings. The van der Waals surface area contributed by atoms with Crippen molar-refractivity contribution < 1.29 is 0 Å². The second-order valence-corrected chi connectivity index (χ2v) is 4.88. The normalized spacial score (nSPS) is 10.0. The Labute approximate surface area is 117 Å². The fourth-order valence-electron chi connectivity index (χ4n) is 1.95. The molecule has 2 aromatic rings. The van der Waals surface area contributed by atoms with Crippen LogP contribution in [0.15, 0.2) is 30.3 Å². The number of nitrogens with zero attached hydrogens (tertiary/aromatic N) is 1. The van der Waals surface area contributed by atoms with Crippen molar-refractivity contribution in [2.45, 2.75) is 13.8 Å². The number of halogens is 1. The van der Waals surface area contributed by atoms with E-state index in [4.69, 9.17) is 22.6 Å². The van der Waals surface area contributed by atoms with E-state index in [2.05, 4.69) is 11.4 Å². The lowest BCUT2D eigenvalue weighted by Gasteiger charge is -2.14. The zero-order valence-corrected chi connectivity index (χ0v) is 11.5. The molecule has 0 heterocycles. The van der Waals surface area contributed by atoms with Gasteiger partial charge in [0.15, 0.2) is 0 Å². The average Bonchev–Trinajstić information content (AvgIpc) is 2.35. The Morgan fingerprint density at radius 1 is 1.21 bits per heavy atom. The molecule has 0 aliphatic heterocycles. The number of nitriles is 1. The smallest absolute Gasteiger partial charge is 0.0992 e. The zero-order valence-electron chi connectivity index (χ0n) is 10.8. The first-order chi connectivity index (χ1) is 9.01. The number of hydrogen-bond donors (Lipinski definition) is 2. The number of benzene rings is 2. The van der Waals surface area contributed by atoms with Crippen LogP contribution in [0.1, 0.15) is 16.7 Å². The molecule has 2 rings (SSSR count). The average molecular weight is 272 g/mol. The van der Waals surface area contributed by atoms with E-state index < -0.39 is 0 Å². The van der Waals surface area contributed by atoms with Crippen molar-refractivity contribution >= 4 is 28.7 Å². The minimum atomic E-state index is 0.523. The maximum atomic E-state index is 8.81. The highest BCUT2D eigenvalue weighted by atomic mass is 35.5. The molecule has 0 aliphatic carbocycles. The molecule has 2 aromatic carbocycles. The predicted octanol–water partition coefficient (Wildman–Crippen LogP) is 4.15. The van der Waals surface area contributed by atoms with Gasteiger partial charge in [0.2, 0.25) is 0 Å². The van der Waals surface area contributed by atoms with E-state index in [0.29, 0.717) is 16.3 Å². The first-order valence-corrected chi connectivity index (χ1v) is 6.22. The van der Waals surface area contributed by atoms with E-state index in [9.17, 15) is 0 Å². The molecular formula is C15H14ClN3. The van der Waals surface area contributed by atoms with Crippen molar-refractivity contribution in [3.05, 3.63) is 52.0 Å². The van der Waals surface area contributed by atoms with Crippen LogP contribution in [-0.2, 0) is 0 Å². The fraction of sp³-hybridized carbons (Fsp3) is 0.133. The van der Waals surface area contributed by atoms with E-state index in [0.717, 1.165) is 22.5 Å². The Morgan fingerprint density at radius 3 is 2.53 bits per heavy atom. The molecule has 0 fully saturated rings. The Balaban J connectivity index is 2.40. The third-order valence-corrected chi connectivity index (χ3v) is 3.17. The molecular weight excluding hydrogens is 258 g/mol. The van der Waals surface area contributed by atoms with Crippen molar-refractivity contribution in [1.82, 2.24) is 0 Å². The van der Waals surface area contributed by atoms with Crippen molar-refractivity contribution in [2.24, 2.45) is 0 Å². The molecule has 0 saturated carbocycles. The van der Waals surface area contributed by atoms with Gasteiger partial charge in [0.1, 0.15) is 0 Å². The monoisotopic (exact) mass is 271 g/mol.